The lowest BCUT2D eigenvalue weighted by Gasteiger charge is -2.09. The average Bonchev–Trinajstić information content (AvgIpc) is 2.90. The molecule has 1 aromatic carbocycles. The molecule has 0 aliphatic rings. The molecular formula is C15H16N4O. The second-order valence-electron chi connectivity index (χ2n) is 4.95. The van der Waals surface area contributed by atoms with Gasteiger partial charge in [0, 0.05) is 17.1 Å². The maximum atomic E-state index is 5.55. The molecule has 0 radical (unpaired) electrons. The summed E-state index contributed by atoms with van der Waals surface area (Å²) in [6.07, 6.45) is 1.68. The summed E-state index contributed by atoms with van der Waals surface area (Å²) >= 11 is 0. The summed E-state index contributed by atoms with van der Waals surface area (Å²) in [5.41, 5.74) is 5.23. The molecule has 0 saturated heterocycles. The predicted molar refractivity (Wildman–Crippen MR) is 79.1 cm³/mol. The molecule has 0 saturated carbocycles. The number of fused-ring (bicyclic) bond motifs is 1. The molecule has 3 aromatic rings. The van der Waals surface area contributed by atoms with Gasteiger partial charge in [-0.15, -0.1) is 0 Å². The third-order valence-electron chi connectivity index (χ3n) is 3.21. The zero-order valence-corrected chi connectivity index (χ0v) is 11.4. The Morgan fingerprint density at radius 3 is 2.75 bits per heavy atom. The smallest absolute Gasteiger partial charge is 0.165 e. The second-order valence-corrected chi connectivity index (χ2v) is 4.95. The number of nitrogen functional groups attached to an aromatic ring is 1. The first-order chi connectivity index (χ1) is 9.69. The van der Waals surface area contributed by atoms with Crippen LogP contribution in [0.15, 0.2) is 41.0 Å². The van der Waals surface area contributed by atoms with Crippen molar-refractivity contribution in [3.8, 4) is 11.4 Å². The van der Waals surface area contributed by atoms with Crippen molar-refractivity contribution >= 4 is 16.8 Å². The summed E-state index contributed by atoms with van der Waals surface area (Å²) in [5, 5.41) is 0.997. The normalized spacial score (nSPS) is 11.2. The van der Waals surface area contributed by atoms with Gasteiger partial charge < -0.3 is 9.84 Å². The molecule has 3 rings (SSSR count). The van der Waals surface area contributed by atoms with Crippen LogP contribution in [0.4, 0.5) is 5.82 Å². The molecule has 102 valence electrons. The number of nitrogens with two attached hydrogens (primary N) is 1. The van der Waals surface area contributed by atoms with Crippen molar-refractivity contribution in [1.82, 2.24) is 9.97 Å². The van der Waals surface area contributed by atoms with Crippen LogP contribution in [0.2, 0.25) is 0 Å². The largest absolute Gasteiger partial charge is 0.464 e. The molecule has 0 amide bonds. The van der Waals surface area contributed by atoms with Gasteiger partial charge in [-0.1, -0.05) is 32.0 Å². The summed E-state index contributed by atoms with van der Waals surface area (Å²) in [6.45, 7) is 4.17. The minimum atomic E-state index is 0.294. The fourth-order valence-electron chi connectivity index (χ4n) is 2.11. The topological polar surface area (TPSA) is 77.0 Å². The molecule has 0 atom stereocenters. The van der Waals surface area contributed by atoms with Gasteiger partial charge in [-0.3, -0.25) is 0 Å². The van der Waals surface area contributed by atoms with Crippen LogP contribution in [-0.4, -0.2) is 9.97 Å². The molecule has 2 heterocycles. The molecule has 0 aliphatic heterocycles. The number of nitrogens with one attached hydrogen (secondary N) is 1. The Hall–Kier alpha value is -2.40. The minimum absolute atomic E-state index is 0.294. The SMILES string of the molecule is CC(C)c1cc(NN)nc(-c2coc3ccccc23)n1. The van der Waals surface area contributed by atoms with Gasteiger partial charge in [-0.05, 0) is 12.0 Å². The number of hydrogen-bond donors (Lipinski definition) is 2. The first kappa shape index (κ1) is 12.6. The van der Waals surface area contributed by atoms with Crippen molar-refractivity contribution in [2.75, 3.05) is 5.43 Å². The summed E-state index contributed by atoms with van der Waals surface area (Å²) in [6, 6.07) is 9.68. The van der Waals surface area contributed by atoms with Crippen LogP contribution in [-0.2, 0) is 0 Å². The zero-order chi connectivity index (χ0) is 14.1. The van der Waals surface area contributed by atoms with Crippen LogP contribution in [0.1, 0.15) is 25.5 Å². The number of hydrogen-bond acceptors (Lipinski definition) is 5. The summed E-state index contributed by atoms with van der Waals surface area (Å²) in [5.74, 6) is 7.00. The average molecular weight is 268 g/mol. The molecule has 0 fully saturated rings. The molecule has 5 heteroatoms. The maximum absolute atomic E-state index is 5.55. The van der Waals surface area contributed by atoms with Crippen molar-refractivity contribution in [1.29, 1.82) is 0 Å². The third kappa shape index (κ3) is 2.12. The number of anilines is 1. The minimum Gasteiger partial charge on any atom is -0.464 e. The summed E-state index contributed by atoms with van der Waals surface area (Å²) in [7, 11) is 0. The predicted octanol–water partition coefficient (Wildman–Crippen LogP) is 3.30. The van der Waals surface area contributed by atoms with Gasteiger partial charge in [0.1, 0.15) is 17.7 Å². The number of rotatable bonds is 3. The highest BCUT2D eigenvalue weighted by atomic mass is 16.3. The maximum Gasteiger partial charge on any atom is 0.165 e. The highest BCUT2D eigenvalue weighted by Gasteiger charge is 2.13. The fraction of sp³-hybridized carbons (Fsp3) is 0.200. The number of hydrazine groups is 1. The van der Waals surface area contributed by atoms with Crippen molar-refractivity contribution in [3.05, 3.63) is 42.3 Å². The lowest BCUT2D eigenvalue weighted by Crippen LogP contribution is -2.11. The highest BCUT2D eigenvalue weighted by molar-refractivity contribution is 5.92. The monoisotopic (exact) mass is 268 g/mol. The summed E-state index contributed by atoms with van der Waals surface area (Å²) in [4.78, 5) is 9.03. The quantitative estimate of drug-likeness (QED) is 0.563. The molecule has 0 spiro atoms. The van der Waals surface area contributed by atoms with Gasteiger partial charge in [0.05, 0.1) is 5.56 Å². The third-order valence-corrected chi connectivity index (χ3v) is 3.21. The molecular weight excluding hydrogens is 252 g/mol. The van der Waals surface area contributed by atoms with Crippen molar-refractivity contribution in [3.63, 3.8) is 0 Å². The lowest BCUT2D eigenvalue weighted by atomic mass is 10.1. The second kappa shape index (κ2) is 4.94. The number of nitrogens with zero attached hydrogens (tertiary/aromatic N) is 2. The Labute approximate surface area is 116 Å². The Kier molecular flexibility index (Phi) is 3.12. The van der Waals surface area contributed by atoms with Crippen molar-refractivity contribution in [2.45, 2.75) is 19.8 Å². The van der Waals surface area contributed by atoms with E-state index in [4.69, 9.17) is 10.3 Å². The number of para-hydroxylation sites is 1. The number of furan rings is 1. The van der Waals surface area contributed by atoms with E-state index in [1.54, 1.807) is 6.26 Å². The van der Waals surface area contributed by atoms with Crippen molar-refractivity contribution in [2.24, 2.45) is 5.84 Å². The lowest BCUT2D eigenvalue weighted by molar-refractivity contribution is 0.616. The number of aromatic nitrogens is 2. The zero-order valence-electron chi connectivity index (χ0n) is 11.4. The van der Waals surface area contributed by atoms with Gasteiger partial charge in [-0.25, -0.2) is 15.8 Å². The Morgan fingerprint density at radius 2 is 2.00 bits per heavy atom. The molecule has 20 heavy (non-hydrogen) atoms. The van der Waals surface area contributed by atoms with Crippen LogP contribution in [0, 0.1) is 0 Å². The van der Waals surface area contributed by atoms with E-state index in [1.807, 2.05) is 30.3 Å². The van der Waals surface area contributed by atoms with E-state index in [9.17, 15) is 0 Å². The fourth-order valence-corrected chi connectivity index (χ4v) is 2.11. The first-order valence-electron chi connectivity index (χ1n) is 6.51. The Bertz CT molecular complexity index is 748. The first-order valence-corrected chi connectivity index (χ1v) is 6.51. The molecule has 3 N–H and O–H groups in total. The Balaban J connectivity index is 2.20. The van der Waals surface area contributed by atoms with Gasteiger partial charge in [-0.2, -0.15) is 0 Å². The van der Waals surface area contributed by atoms with E-state index in [-0.39, 0.29) is 0 Å². The van der Waals surface area contributed by atoms with E-state index in [0.717, 1.165) is 22.2 Å². The Morgan fingerprint density at radius 1 is 1.20 bits per heavy atom. The van der Waals surface area contributed by atoms with E-state index >= 15 is 0 Å². The molecule has 0 bridgehead atoms. The van der Waals surface area contributed by atoms with Crippen LogP contribution < -0.4 is 11.3 Å². The summed E-state index contributed by atoms with van der Waals surface area (Å²) < 4.78 is 5.55. The highest BCUT2D eigenvalue weighted by Crippen LogP contribution is 2.29. The number of benzene rings is 1. The van der Waals surface area contributed by atoms with Gasteiger partial charge in [0.2, 0.25) is 0 Å². The van der Waals surface area contributed by atoms with E-state index < -0.39 is 0 Å². The molecule has 5 nitrogen and oxygen atoms in total. The molecule has 0 unspecified atom stereocenters. The standard InChI is InChI=1S/C15H16N4O/c1-9(2)12-7-14(19-16)18-15(17-12)11-8-20-13-6-4-3-5-10(11)13/h3-9H,16H2,1-2H3,(H,17,18,19). The van der Waals surface area contributed by atoms with Crippen LogP contribution in [0.3, 0.4) is 0 Å². The van der Waals surface area contributed by atoms with E-state index in [2.05, 4.69) is 29.2 Å². The van der Waals surface area contributed by atoms with E-state index in [0.29, 0.717) is 17.6 Å². The molecule has 0 aliphatic carbocycles. The van der Waals surface area contributed by atoms with Crippen LogP contribution >= 0.6 is 0 Å². The van der Waals surface area contributed by atoms with Gasteiger partial charge in [0.25, 0.3) is 0 Å². The van der Waals surface area contributed by atoms with Crippen LogP contribution in [0.25, 0.3) is 22.4 Å². The van der Waals surface area contributed by atoms with Gasteiger partial charge >= 0.3 is 0 Å². The molecule has 2 aromatic heterocycles. The van der Waals surface area contributed by atoms with E-state index in [1.165, 1.54) is 0 Å². The van der Waals surface area contributed by atoms with Crippen molar-refractivity contribution < 1.29 is 4.42 Å². The van der Waals surface area contributed by atoms with Gasteiger partial charge in [0.15, 0.2) is 5.82 Å². The van der Waals surface area contributed by atoms with Crippen LogP contribution in [0.5, 0.6) is 0 Å².